The Morgan fingerprint density at radius 3 is 2.36 bits per heavy atom. The molecule has 0 aliphatic heterocycles. The predicted octanol–water partition coefficient (Wildman–Crippen LogP) is 4.02. The predicted molar refractivity (Wildman–Crippen MR) is 97.5 cm³/mol. The van der Waals surface area contributed by atoms with Crippen molar-refractivity contribution in [2.75, 3.05) is 19.0 Å². The summed E-state index contributed by atoms with van der Waals surface area (Å²) in [5.74, 6) is 0.936. The molecular weight excluding hydrogens is 342 g/mol. The van der Waals surface area contributed by atoms with Crippen molar-refractivity contribution in [3.05, 3.63) is 53.1 Å². The summed E-state index contributed by atoms with van der Waals surface area (Å²) in [7, 11) is 1.59. The highest BCUT2D eigenvalue weighted by Crippen LogP contribution is 2.21. The number of nitrogens with one attached hydrogen (secondary N) is 1. The van der Waals surface area contributed by atoms with Crippen LogP contribution in [-0.2, 0) is 9.59 Å². The molecule has 0 radical (unpaired) electrons. The maximum absolute atomic E-state index is 12.0. The van der Waals surface area contributed by atoms with Crippen LogP contribution in [0, 0.1) is 6.92 Å². The summed E-state index contributed by atoms with van der Waals surface area (Å²) < 4.78 is 10.5. The SMILES string of the molecule is COc1ccc(NC(=O)CCC(=O)COc2ccc(Cl)cc2)c(C)c1. The number of anilines is 1. The Morgan fingerprint density at radius 1 is 1.04 bits per heavy atom. The fourth-order valence-corrected chi connectivity index (χ4v) is 2.26. The van der Waals surface area contributed by atoms with E-state index in [1.54, 1.807) is 43.5 Å². The van der Waals surface area contributed by atoms with Gasteiger partial charge in [-0.25, -0.2) is 0 Å². The van der Waals surface area contributed by atoms with Crippen molar-refractivity contribution in [3.63, 3.8) is 0 Å². The van der Waals surface area contributed by atoms with Crippen molar-refractivity contribution in [1.29, 1.82) is 0 Å². The largest absolute Gasteiger partial charge is 0.497 e. The summed E-state index contributed by atoms with van der Waals surface area (Å²) >= 11 is 5.78. The number of ketones is 1. The summed E-state index contributed by atoms with van der Waals surface area (Å²) in [6, 6.07) is 12.1. The Bertz CT molecular complexity index is 744. The van der Waals surface area contributed by atoms with Crippen molar-refractivity contribution in [2.45, 2.75) is 19.8 Å². The van der Waals surface area contributed by atoms with Crippen LogP contribution in [0.3, 0.4) is 0 Å². The average Bonchev–Trinajstić information content (AvgIpc) is 2.61. The third kappa shape index (κ3) is 6.12. The molecule has 0 fully saturated rings. The molecular formula is C19H20ClNO4. The number of carbonyl (C=O) groups excluding carboxylic acids is 2. The van der Waals surface area contributed by atoms with Crippen molar-refractivity contribution < 1.29 is 19.1 Å². The molecule has 0 unspecified atom stereocenters. The lowest BCUT2D eigenvalue weighted by atomic mass is 10.1. The second kappa shape index (κ2) is 9.08. The molecule has 0 heterocycles. The van der Waals surface area contributed by atoms with E-state index in [2.05, 4.69) is 5.32 Å². The lowest BCUT2D eigenvalue weighted by molar-refractivity contribution is -0.124. The topological polar surface area (TPSA) is 64.6 Å². The van der Waals surface area contributed by atoms with E-state index in [0.717, 1.165) is 11.3 Å². The smallest absolute Gasteiger partial charge is 0.224 e. The summed E-state index contributed by atoms with van der Waals surface area (Å²) in [4.78, 5) is 23.8. The number of benzene rings is 2. The van der Waals surface area contributed by atoms with Crippen LogP contribution >= 0.6 is 11.6 Å². The highest BCUT2D eigenvalue weighted by molar-refractivity contribution is 6.30. The van der Waals surface area contributed by atoms with Crippen LogP contribution < -0.4 is 14.8 Å². The van der Waals surface area contributed by atoms with Gasteiger partial charge in [-0.05, 0) is 55.0 Å². The van der Waals surface area contributed by atoms with Crippen LogP contribution in [0.2, 0.25) is 5.02 Å². The second-order valence-electron chi connectivity index (χ2n) is 5.51. The maximum atomic E-state index is 12.0. The van der Waals surface area contributed by atoms with E-state index in [4.69, 9.17) is 21.1 Å². The number of aryl methyl sites for hydroxylation is 1. The molecule has 0 spiro atoms. The molecule has 0 aliphatic rings. The monoisotopic (exact) mass is 361 g/mol. The van der Waals surface area contributed by atoms with Crippen LogP contribution in [0.25, 0.3) is 0 Å². The van der Waals surface area contributed by atoms with Crippen LogP contribution in [0.5, 0.6) is 11.5 Å². The fraction of sp³-hybridized carbons (Fsp3) is 0.263. The van der Waals surface area contributed by atoms with Gasteiger partial charge in [0.25, 0.3) is 0 Å². The van der Waals surface area contributed by atoms with Gasteiger partial charge >= 0.3 is 0 Å². The van der Waals surface area contributed by atoms with E-state index in [9.17, 15) is 9.59 Å². The fourth-order valence-electron chi connectivity index (χ4n) is 2.14. The van der Waals surface area contributed by atoms with Gasteiger partial charge in [0.15, 0.2) is 5.78 Å². The second-order valence-corrected chi connectivity index (χ2v) is 5.95. The Hall–Kier alpha value is -2.53. The minimum atomic E-state index is -0.215. The van der Waals surface area contributed by atoms with Crippen molar-refractivity contribution >= 4 is 29.0 Å². The molecule has 2 aromatic carbocycles. The number of hydrogen-bond acceptors (Lipinski definition) is 4. The van der Waals surface area contributed by atoms with Crippen LogP contribution in [0.4, 0.5) is 5.69 Å². The summed E-state index contributed by atoms with van der Waals surface area (Å²) in [5, 5.41) is 3.40. The van der Waals surface area contributed by atoms with Gasteiger partial charge in [0, 0.05) is 23.6 Å². The van der Waals surface area contributed by atoms with E-state index in [-0.39, 0.29) is 31.1 Å². The molecule has 0 bridgehead atoms. The lowest BCUT2D eigenvalue weighted by Gasteiger charge is -2.10. The van der Waals surface area contributed by atoms with E-state index in [1.807, 2.05) is 13.0 Å². The minimum absolute atomic E-state index is 0.0729. The molecule has 2 aromatic rings. The van der Waals surface area contributed by atoms with E-state index >= 15 is 0 Å². The van der Waals surface area contributed by atoms with Gasteiger partial charge in [-0.1, -0.05) is 11.6 Å². The van der Waals surface area contributed by atoms with Crippen molar-refractivity contribution in [3.8, 4) is 11.5 Å². The number of halogens is 1. The first-order chi connectivity index (χ1) is 12.0. The molecule has 25 heavy (non-hydrogen) atoms. The standard InChI is InChI=1S/C19H20ClNO4/c1-13-11-17(24-2)8-9-18(13)21-19(23)10-5-15(22)12-25-16-6-3-14(20)4-7-16/h3-4,6-9,11H,5,10,12H2,1-2H3,(H,21,23). The number of Topliss-reactive ketones (excluding diaryl/α,β-unsaturated/α-hetero) is 1. The number of hydrogen-bond donors (Lipinski definition) is 1. The maximum Gasteiger partial charge on any atom is 0.224 e. The first kappa shape index (κ1) is 18.8. The summed E-state index contributed by atoms with van der Waals surface area (Å²) in [6.45, 7) is 1.81. The Kier molecular flexibility index (Phi) is 6.83. The van der Waals surface area contributed by atoms with Gasteiger partial charge in [-0.2, -0.15) is 0 Å². The molecule has 132 valence electrons. The number of amides is 1. The molecule has 0 aromatic heterocycles. The zero-order chi connectivity index (χ0) is 18.2. The molecule has 2 rings (SSSR count). The van der Waals surface area contributed by atoms with Gasteiger partial charge in [0.05, 0.1) is 7.11 Å². The van der Waals surface area contributed by atoms with Gasteiger partial charge in [0.1, 0.15) is 18.1 Å². The number of carbonyl (C=O) groups is 2. The van der Waals surface area contributed by atoms with Gasteiger partial charge in [-0.15, -0.1) is 0 Å². The third-order valence-corrected chi connectivity index (χ3v) is 3.80. The van der Waals surface area contributed by atoms with E-state index in [0.29, 0.717) is 16.5 Å². The molecule has 1 N–H and O–H groups in total. The molecule has 1 amide bonds. The summed E-state index contributed by atoms with van der Waals surface area (Å²) in [5.41, 5.74) is 1.60. The Balaban J connectivity index is 1.75. The molecule has 0 saturated heterocycles. The Morgan fingerprint density at radius 2 is 1.72 bits per heavy atom. The normalized spacial score (nSPS) is 10.2. The number of ether oxygens (including phenoxy) is 2. The first-order valence-corrected chi connectivity index (χ1v) is 8.20. The molecule has 0 aliphatic carbocycles. The quantitative estimate of drug-likeness (QED) is 0.771. The summed E-state index contributed by atoms with van der Waals surface area (Å²) in [6.07, 6.45) is 0.225. The van der Waals surface area contributed by atoms with Gasteiger partial charge < -0.3 is 14.8 Å². The number of methoxy groups -OCH3 is 1. The molecule has 5 nitrogen and oxygen atoms in total. The first-order valence-electron chi connectivity index (χ1n) is 7.82. The average molecular weight is 362 g/mol. The van der Waals surface area contributed by atoms with Gasteiger partial charge in [0.2, 0.25) is 5.91 Å². The van der Waals surface area contributed by atoms with Crippen molar-refractivity contribution in [2.24, 2.45) is 0 Å². The van der Waals surface area contributed by atoms with Crippen molar-refractivity contribution in [1.82, 2.24) is 0 Å². The zero-order valence-electron chi connectivity index (χ0n) is 14.2. The molecule has 0 saturated carbocycles. The van der Waals surface area contributed by atoms with E-state index < -0.39 is 0 Å². The molecule has 6 heteroatoms. The Labute approximate surface area is 151 Å². The highest BCUT2D eigenvalue weighted by Gasteiger charge is 2.10. The number of rotatable bonds is 8. The minimum Gasteiger partial charge on any atom is -0.497 e. The highest BCUT2D eigenvalue weighted by atomic mass is 35.5. The lowest BCUT2D eigenvalue weighted by Crippen LogP contribution is -2.17. The van der Waals surface area contributed by atoms with Crippen LogP contribution in [0.1, 0.15) is 18.4 Å². The molecule has 0 atom stereocenters. The van der Waals surface area contributed by atoms with E-state index in [1.165, 1.54) is 0 Å². The van der Waals surface area contributed by atoms with Gasteiger partial charge in [-0.3, -0.25) is 9.59 Å². The third-order valence-electron chi connectivity index (χ3n) is 3.55. The van der Waals surface area contributed by atoms with Crippen LogP contribution in [-0.4, -0.2) is 25.4 Å². The zero-order valence-corrected chi connectivity index (χ0v) is 14.9. The van der Waals surface area contributed by atoms with Crippen LogP contribution in [0.15, 0.2) is 42.5 Å².